The van der Waals surface area contributed by atoms with Crippen molar-refractivity contribution in [2.45, 2.75) is 6.92 Å². The van der Waals surface area contributed by atoms with E-state index in [1.807, 2.05) is 19.1 Å². The van der Waals surface area contributed by atoms with Gasteiger partial charge in [0.2, 0.25) is 0 Å². The molecule has 6 nitrogen and oxygen atoms in total. The molecule has 0 aliphatic carbocycles. The summed E-state index contributed by atoms with van der Waals surface area (Å²) in [6.07, 6.45) is 0. The van der Waals surface area contributed by atoms with E-state index in [2.05, 4.69) is 21.2 Å². The molecule has 0 unspecified atom stereocenters. The number of benzene rings is 2. The molecule has 0 bridgehead atoms. The van der Waals surface area contributed by atoms with Crippen LogP contribution in [0.1, 0.15) is 15.9 Å². The predicted octanol–water partition coefficient (Wildman–Crippen LogP) is 3.98. The number of nitrogens with one attached hydrogen (secondary N) is 1. The summed E-state index contributed by atoms with van der Waals surface area (Å²) in [7, 11) is 3.43. The van der Waals surface area contributed by atoms with Gasteiger partial charge in [0.25, 0.3) is 11.6 Å². The van der Waals surface area contributed by atoms with Gasteiger partial charge in [-0.3, -0.25) is 14.9 Å². The number of amides is 1. The second-order valence-corrected chi connectivity index (χ2v) is 6.13. The van der Waals surface area contributed by atoms with E-state index < -0.39 is 4.92 Å². The number of hydrogen-bond donors (Lipinski definition) is 1. The number of anilines is 2. The second-order valence-electron chi connectivity index (χ2n) is 5.27. The smallest absolute Gasteiger partial charge is 0.293 e. The lowest BCUT2D eigenvalue weighted by Gasteiger charge is -2.13. The molecule has 7 heteroatoms. The molecule has 0 atom stereocenters. The highest BCUT2D eigenvalue weighted by Gasteiger charge is 2.19. The first-order chi connectivity index (χ1) is 10.8. The van der Waals surface area contributed by atoms with E-state index in [4.69, 9.17) is 0 Å². The van der Waals surface area contributed by atoms with Crippen LogP contribution in [0.4, 0.5) is 17.1 Å². The third-order valence-electron chi connectivity index (χ3n) is 3.33. The van der Waals surface area contributed by atoms with Crippen molar-refractivity contribution in [1.29, 1.82) is 0 Å². The van der Waals surface area contributed by atoms with Gasteiger partial charge in [-0.1, -0.05) is 15.9 Å². The molecule has 0 fully saturated rings. The number of halogens is 1. The molecule has 0 radical (unpaired) electrons. The maximum Gasteiger partial charge on any atom is 0.293 e. The van der Waals surface area contributed by atoms with Crippen LogP contribution in [-0.4, -0.2) is 24.9 Å². The first-order valence-corrected chi connectivity index (χ1v) is 7.62. The molecule has 0 aliphatic heterocycles. The molecule has 1 amide bonds. The average Bonchev–Trinajstić information content (AvgIpc) is 2.50. The second kappa shape index (κ2) is 6.78. The Morgan fingerprint density at radius 3 is 2.48 bits per heavy atom. The van der Waals surface area contributed by atoms with Crippen LogP contribution in [0.15, 0.2) is 40.9 Å². The van der Waals surface area contributed by atoms with Crippen LogP contribution >= 0.6 is 15.9 Å². The summed E-state index contributed by atoms with van der Waals surface area (Å²) in [6, 6.07) is 9.85. The quantitative estimate of drug-likeness (QED) is 0.645. The molecule has 0 saturated carbocycles. The summed E-state index contributed by atoms with van der Waals surface area (Å²) in [5.41, 5.74) is 2.20. The molecule has 120 valence electrons. The van der Waals surface area contributed by atoms with Gasteiger partial charge in [-0.25, -0.2) is 0 Å². The van der Waals surface area contributed by atoms with Gasteiger partial charge in [0.15, 0.2) is 0 Å². The topological polar surface area (TPSA) is 75.5 Å². The van der Waals surface area contributed by atoms with E-state index in [0.29, 0.717) is 11.4 Å². The van der Waals surface area contributed by atoms with Gasteiger partial charge in [0.1, 0.15) is 5.69 Å². The molecule has 2 aromatic carbocycles. The highest BCUT2D eigenvalue weighted by Crippen LogP contribution is 2.28. The Morgan fingerprint density at radius 2 is 1.91 bits per heavy atom. The van der Waals surface area contributed by atoms with Gasteiger partial charge in [-0.05, 0) is 42.8 Å². The number of hydrogen-bond acceptors (Lipinski definition) is 4. The average molecular weight is 378 g/mol. The van der Waals surface area contributed by atoms with Gasteiger partial charge in [-0.15, -0.1) is 0 Å². The van der Waals surface area contributed by atoms with Gasteiger partial charge in [0.05, 0.1) is 4.92 Å². The summed E-state index contributed by atoms with van der Waals surface area (Å²) in [6.45, 7) is 1.91. The number of rotatable bonds is 4. The zero-order valence-corrected chi connectivity index (χ0v) is 14.5. The van der Waals surface area contributed by atoms with Gasteiger partial charge >= 0.3 is 0 Å². The first-order valence-electron chi connectivity index (χ1n) is 6.83. The van der Waals surface area contributed by atoms with Crippen LogP contribution < -0.4 is 10.2 Å². The zero-order valence-electron chi connectivity index (χ0n) is 13.0. The SMILES string of the molecule is Cc1cc(NC(=O)c2ccc(N(C)C)c([N+](=O)[O-])c2)ccc1Br. The maximum atomic E-state index is 12.3. The molecule has 1 N–H and O–H groups in total. The van der Waals surface area contributed by atoms with Crippen LogP contribution in [-0.2, 0) is 0 Å². The molecule has 0 aliphatic rings. The van der Waals surface area contributed by atoms with E-state index in [1.54, 1.807) is 37.2 Å². The standard InChI is InChI=1S/C16H16BrN3O3/c1-10-8-12(5-6-13(10)17)18-16(21)11-4-7-14(19(2)3)15(9-11)20(22)23/h4-9H,1-3H3,(H,18,21). The molecule has 2 rings (SSSR count). The van der Waals surface area contributed by atoms with Crippen molar-refractivity contribution in [3.05, 3.63) is 62.1 Å². The Bertz CT molecular complexity index is 775. The van der Waals surface area contributed by atoms with E-state index in [-0.39, 0.29) is 17.2 Å². The van der Waals surface area contributed by atoms with Crippen molar-refractivity contribution in [1.82, 2.24) is 0 Å². The number of nitro groups is 1. The van der Waals surface area contributed by atoms with Crippen LogP contribution in [0.3, 0.4) is 0 Å². The summed E-state index contributed by atoms with van der Waals surface area (Å²) in [5, 5.41) is 13.9. The van der Waals surface area contributed by atoms with Gasteiger partial charge < -0.3 is 10.2 Å². The Kier molecular flexibility index (Phi) is 5.00. The molecule has 0 heterocycles. The van der Waals surface area contributed by atoms with Crippen LogP contribution in [0.2, 0.25) is 0 Å². The van der Waals surface area contributed by atoms with E-state index >= 15 is 0 Å². The summed E-state index contributed by atoms with van der Waals surface area (Å²) in [4.78, 5) is 24.6. The molecule has 0 saturated heterocycles. The van der Waals surface area contributed by atoms with Crippen LogP contribution in [0.25, 0.3) is 0 Å². The molecular formula is C16H16BrN3O3. The van der Waals surface area contributed by atoms with Crippen molar-refractivity contribution < 1.29 is 9.72 Å². The van der Waals surface area contributed by atoms with Crippen molar-refractivity contribution >= 4 is 38.9 Å². The number of aryl methyl sites for hydroxylation is 1. The zero-order chi connectivity index (χ0) is 17.1. The molecular weight excluding hydrogens is 362 g/mol. The Labute approximate surface area is 142 Å². The van der Waals surface area contributed by atoms with Crippen molar-refractivity contribution in [3.63, 3.8) is 0 Å². The van der Waals surface area contributed by atoms with Crippen molar-refractivity contribution in [2.24, 2.45) is 0 Å². The lowest BCUT2D eigenvalue weighted by Crippen LogP contribution is -2.15. The number of nitro benzene ring substituents is 1. The van der Waals surface area contributed by atoms with Gasteiger partial charge in [0, 0.05) is 35.9 Å². The minimum absolute atomic E-state index is 0.102. The summed E-state index contributed by atoms with van der Waals surface area (Å²) < 4.78 is 0.946. The number of carbonyl (C=O) groups is 1. The first kappa shape index (κ1) is 17.0. The third kappa shape index (κ3) is 3.87. The Morgan fingerprint density at radius 1 is 1.22 bits per heavy atom. The molecule has 0 spiro atoms. The van der Waals surface area contributed by atoms with E-state index in [0.717, 1.165) is 10.0 Å². The fourth-order valence-corrected chi connectivity index (χ4v) is 2.36. The van der Waals surface area contributed by atoms with E-state index in [1.165, 1.54) is 6.07 Å². The van der Waals surface area contributed by atoms with Crippen LogP contribution in [0, 0.1) is 17.0 Å². The normalized spacial score (nSPS) is 10.3. The third-order valence-corrected chi connectivity index (χ3v) is 4.22. The van der Waals surface area contributed by atoms with E-state index in [9.17, 15) is 14.9 Å². The molecule has 0 aromatic heterocycles. The lowest BCUT2D eigenvalue weighted by atomic mass is 10.1. The van der Waals surface area contributed by atoms with Crippen molar-refractivity contribution in [3.8, 4) is 0 Å². The number of carbonyl (C=O) groups excluding carboxylic acids is 1. The fourth-order valence-electron chi connectivity index (χ4n) is 2.11. The molecule has 23 heavy (non-hydrogen) atoms. The highest BCUT2D eigenvalue weighted by molar-refractivity contribution is 9.10. The monoisotopic (exact) mass is 377 g/mol. The summed E-state index contributed by atoms with van der Waals surface area (Å²) >= 11 is 3.40. The molecule has 2 aromatic rings. The largest absolute Gasteiger partial charge is 0.372 e. The Hall–Kier alpha value is -2.41. The Balaban J connectivity index is 2.30. The van der Waals surface area contributed by atoms with Gasteiger partial charge in [-0.2, -0.15) is 0 Å². The lowest BCUT2D eigenvalue weighted by molar-refractivity contribution is -0.384. The predicted molar refractivity (Wildman–Crippen MR) is 94.3 cm³/mol. The van der Waals surface area contributed by atoms with Crippen molar-refractivity contribution in [2.75, 3.05) is 24.3 Å². The minimum atomic E-state index is -0.490. The number of nitrogens with zero attached hydrogens (tertiary/aromatic N) is 2. The minimum Gasteiger partial charge on any atom is -0.372 e. The fraction of sp³-hybridized carbons (Fsp3) is 0.188. The highest BCUT2D eigenvalue weighted by atomic mass is 79.9. The summed E-state index contributed by atoms with van der Waals surface area (Å²) in [5.74, 6) is -0.389. The van der Waals surface area contributed by atoms with Crippen LogP contribution in [0.5, 0.6) is 0 Å². The maximum absolute atomic E-state index is 12.3.